The number of hydrogen-bond donors (Lipinski definition) is 0. The molecule has 0 amide bonds. The maximum absolute atomic E-state index is 3.56. The van der Waals surface area contributed by atoms with Gasteiger partial charge in [-0.1, -0.05) is 72.6 Å². The van der Waals surface area contributed by atoms with Gasteiger partial charge in [0.05, 0.1) is 0 Å². The molecule has 0 saturated carbocycles. The summed E-state index contributed by atoms with van der Waals surface area (Å²) in [4.78, 5) is 0. The van der Waals surface area contributed by atoms with E-state index in [1.165, 1.54) is 0 Å². The molecule has 0 radical (unpaired) electrons. The minimum atomic E-state index is 0.154. The van der Waals surface area contributed by atoms with E-state index in [0.29, 0.717) is 0 Å². The Labute approximate surface area is 96.7 Å². The molecular formula is C12H18BBr. The lowest BCUT2D eigenvalue weighted by Gasteiger charge is -2.26. The van der Waals surface area contributed by atoms with Crippen LogP contribution in [0, 0.1) is 10.8 Å². The zero-order valence-corrected chi connectivity index (χ0v) is 10.8. The van der Waals surface area contributed by atoms with Gasteiger partial charge in [-0.05, 0) is 5.41 Å². The first kappa shape index (κ1) is 11.8. The second-order valence-electron chi connectivity index (χ2n) is 4.55. The van der Waals surface area contributed by atoms with Crippen molar-refractivity contribution in [1.29, 1.82) is 0 Å². The highest BCUT2D eigenvalue weighted by molar-refractivity contribution is 9.09. The molecule has 2 atom stereocenters. The molecule has 0 N–H and O–H groups in total. The number of hydrogen-bond acceptors (Lipinski definition) is 0. The Morgan fingerprint density at radius 1 is 1.00 bits per heavy atom. The van der Waals surface area contributed by atoms with Gasteiger partial charge < -0.3 is 0 Å². The molecule has 2 unspecified atom stereocenters. The maximum atomic E-state index is 3.56. The number of halogens is 1. The average Bonchev–Trinajstić information content (AvgIpc) is 2.20. The first-order valence-corrected chi connectivity index (χ1v) is 6.29. The SMILES string of the molecule is BCC1(C)/C=C\C=C/C(C)(CBr)/C=C\1. The quantitative estimate of drug-likeness (QED) is 0.403. The van der Waals surface area contributed by atoms with Crippen molar-refractivity contribution in [3.63, 3.8) is 0 Å². The Morgan fingerprint density at radius 3 is 2.00 bits per heavy atom. The molecule has 0 aliphatic heterocycles. The zero-order valence-electron chi connectivity index (χ0n) is 9.26. The Morgan fingerprint density at radius 2 is 1.50 bits per heavy atom. The molecule has 0 aromatic rings. The van der Waals surface area contributed by atoms with Crippen LogP contribution in [-0.4, -0.2) is 13.2 Å². The van der Waals surface area contributed by atoms with Crippen LogP contribution >= 0.6 is 15.9 Å². The van der Waals surface area contributed by atoms with E-state index >= 15 is 0 Å². The van der Waals surface area contributed by atoms with Crippen molar-refractivity contribution in [1.82, 2.24) is 0 Å². The first-order chi connectivity index (χ1) is 6.54. The molecular weight excluding hydrogens is 235 g/mol. The van der Waals surface area contributed by atoms with Gasteiger partial charge in [0, 0.05) is 10.7 Å². The summed E-state index contributed by atoms with van der Waals surface area (Å²) in [5.41, 5.74) is 0.370. The van der Waals surface area contributed by atoms with Gasteiger partial charge >= 0.3 is 0 Å². The van der Waals surface area contributed by atoms with Crippen LogP contribution in [0.5, 0.6) is 0 Å². The van der Waals surface area contributed by atoms with Gasteiger partial charge in [-0.3, -0.25) is 0 Å². The minimum Gasteiger partial charge on any atom is -0.0915 e. The Kier molecular flexibility index (Phi) is 3.82. The Hall–Kier alpha value is -0.235. The molecule has 0 aromatic heterocycles. The van der Waals surface area contributed by atoms with Crippen LogP contribution in [0.25, 0.3) is 0 Å². The van der Waals surface area contributed by atoms with Gasteiger partial charge in [0.25, 0.3) is 0 Å². The summed E-state index contributed by atoms with van der Waals surface area (Å²) in [6.07, 6.45) is 14.6. The van der Waals surface area contributed by atoms with E-state index in [1.54, 1.807) is 0 Å². The second kappa shape index (κ2) is 4.52. The molecule has 0 fully saturated rings. The molecule has 0 heterocycles. The van der Waals surface area contributed by atoms with Crippen molar-refractivity contribution in [2.45, 2.75) is 20.2 Å². The zero-order chi connectivity index (χ0) is 10.7. The van der Waals surface area contributed by atoms with Gasteiger partial charge in [-0.15, -0.1) is 0 Å². The standard InChI is InChI=1S/C12H18BBr/c1-11(9-13)5-3-4-6-12(2,10-14)8-7-11/h3-8H,9-10,13H2,1-2H3/b5-3-,6-4-,8-7-. The van der Waals surface area contributed by atoms with Crippen LogP contribution in [-0.2, 0) is 0 Å². The maximum Gasteiger partial charge on any atom is 0.102 e. The molecule has 0 aromatic carbocycles. The first-order valence-electron chi connectivity index (χ1n) is 5.17. The number of allylic oxidation sites excluding steroid dienone is 6. The summed E-state index contributed by atoms with van der Waals surface area (Å²) in [5, 5.41) is 0.973. The molecule has 1 aliphatic rings. The van der Waals surface area contributed by atoms with Crippen LogP contribution in [0.2, 0.25) is 6.32 Å². The summed E-state index contributed by atoms with van der Waals surface area (Å²) in [6.45, 7) is 4.51. The highest BCUT2D eigenvalue weighted by Crippen LogP contribution is 2.31. The monoisotopic (exact) mass is 252 g/mol. The summed E-state index contributed by atoms with van der Waals surface area (Å²) >= 11 is 3.56. The lowest BCUT2D eigenvalue weighted by atomic mass is 9.74. The smallest absolute Gasteiger partial charge is 0.0915 e. The van der Waals surface area contributed by atoms with E-state index < -0.39 is 0 Å². The molecule has 2 heteroatoms. The summed E-state index contributed by atoms with van der Waals surface area (Å²) < 4.78 is 0. The summed E-state index contributed by atoms with van der Waals surface area (Å²) in [7, 11) is 2.23. The third-order valence-electron chi connectivity index (χ3n) is 2.96. The van der Waals surface area contributed by atoms with Crippen molar-refractivity contribution >= 4 is 23.8 Å². The Balaban J connectivity index is 3.00. The fourth-order valence-electron chi connectivity index (χ4n) is 1.37. The van der Waals surface area contributed by atoms with E-state index in [-0.39, 0.29) is 10.8 Å². The van der Waals surface area contributed by atoms with Crippen LogP contribution < -0.4 is 0 Å². The molecule has 14 heavy (non-hydrogen) atoms. The van der Waals surface area contributed by atoms with Crippen LogP contribution in [0.4, 0.5) is 0 Å². The van der Waals surface area contributed by atoms with E-state index in [1.807, 2.05) is 0 Å². The molecule has 1 aliphatic carbocycles. The highest BCUT2D eigenvalue weighted by Gasteiger charge is 2.20. The lowest BCUT2D eigenvalue weighted by Crippen LogP contribution is -2.16. The Bertz CT molecular complexity index is 252. The van der Waals surface area contributed by atoms with Crippen LogP contribution in [0.1, 0.15) is 13.8 Å². The van der Waals surface area contributed by atoms with Gasteiger partial charge in [-0.25, -0.2) is 0 Å². The van der Waals surface area contributed by atoms with Crippen molar-refractivity contribution in [2.75, 3.05) is 5.33 Å². The second-order valence-corrected chi connectivity index (χ2v) is 5.11. The molecule has 0 bridgehead atoms. The fourth-order valence-corrected chi connectivity index (χ4v) is 1.74. The molecule has 0 nitrogen and oxygen atoms in total. The van der Waals surface area contributed by atoms with Gasteiger partial charge in [0.1, 0.15) is 7.85 Å². The van der Waals surface area contributed by atoms with Gasteiger partial charge in [0.15, 0.2) is 0 Å². The fraction of sp³-hybridized carbons (Fsp3) is 0.500. The molecule has 76 valence electrons. The highest BCUT2D eigenvalue weighted by atomic mass is 79.9. The molecule has 0 saturated heterocycles. The third-order valence-corrected chi connectivity index (χ3v) is 4.17. The largest absolute Gasteiger partial charge is 0.102 e. The number of alkyl halides is 1. The predicted molar refractivity (Wildman–Crippen MR) is 70.8 cm³/mol. The van der Waals surface area contributed by atoms with Crippen molar-refractivity contribution in [2.24, 2.45) is 10.8 Å². The van der Waals surface area contributed by atoms with E-state index in [2.05, 4.69) is 74.1 Å². The third kappa shape index (κ3) is 2.88. The molecule has 0 spiro atoms. The number of rotatable bonds is 2. The van der Waals surface area contributed by atoms with Crippen LogP contribution in [0.15, 0.2) is 36.5 Å². The topological polar surface area (TPSA) is 0 Å². The van der Waals surface area contributed by atoms with E-state index in [0.717, 1.165) is 11.7 Å². The van der Waals surface area contributed by atoms with Crippen molar-refractivity contribution in [3.8, 4) is 0 Å². The summed E-state index contributed by atoms with van der Waals surface area (Å²) in [6, 6.07) is 0. The van der Waals surface area contributed by atoms with Gasteiger partial charge in [0.2, 0.25) is 0 Å². The van der Waals surface area contributed by atoms with Crippen LogP contribution in [0.3, 0.4) is 0 Å². The predicted octanol–water partition coefficient (Wildman–Crippen LogP) is 3.13. The van der Waals surface area contributed by atoms with Gasteiger partial charge in [-0.2, -0.15) is 0 Å². The normalized spacial score (nSPS) is 43.6. The summed E-state index contributed by atoms with van der Waals surface area (Å²) in [5.74, 6) is 0. The molecule has 1 rings (SSSR count). The van der Waals surface area contributed by atoms with E-state index in [4.69, 9.17) is 0 Å². The van der Waals surface area contributed by atoms with Crippen molar-refractivity contribution in [3.05, 3.63) is 36.5 Å². The average molecular weight is 253 g/mol. The minimum absolute atomic E-state index is 0.154. The van der Waals surface area contributed by atoms with Crippen molar-refractivity contribution < 1.29 is 0 Å². The lowest BCUT2D eigenvalue weighted by molar-refractivity contribution is 0.583. The van der Waals surface area contributed by atoms with E-state index in [9.17, 15) is 0 Å².